The molecule has 0 fully saturated rings. The second-order valence-corrected chi connectivity index (χ2v) is 5.21. The van der Waals surface area contributed by atoms with Crippen molar-refractivity contribution in [2.75, 3.05) is 19.7 Å². The van der Waals surface area contributed by atoms with E-state index in [4.69, 9.17) is 21.7 Å². The predicted molar refractivity (Wildman–Crippen MR) is 99.9 cm³/mol. The SMILES string of the molecule is Brc1ccccc1.CCOC(=S)N(CC)CC.NC(=O)S. The van der Waals surface area contributed by atoms with Crippen molar-refractivity contribution >= 4 is 51.2 Å². The highest BCUT2D eigenvalue weighted by Crippen LogP contribution is 2.05. The molecule has 0 atom stereocenters. The van der Waals surface area contributed by atoms with Crippen molar-refractivity contribution in [1.82, 2.24) is 4.90 Å². The Morgan fingerprint density at radius 2 is 1.71 bits per heavy atom. The number of hydrogen-bond donors (Lipinski definition) is 2. The molecule has 0 aliphatic heterocycles. The summed E-state index contributed by atoms with van der Waals surface area (Å²) in [4.78, 5) is 11.1. The number of carbonyl (C=O) groups is 1. The minimum Gasteiger partial charge on any atom is -0.471 e. The third-order valence-electron chi connectivity index (χ3n) is 2.02. The number of hydrogen-bond acceptors (Lipinski definition) is 3. The van der Waals surface area contributed by atoms with E-state index in [9.17, 15) is 0 Å². The molecule has 1 aromatic carbocycles. The summed E-state index contributed by atoms with van der Waals surface area (Å²) < 4.78 is 6.28. The number of benzene rings is 1. The second-order valence-electron chi connectivity index (χ2n) is 3.51. The Balaban J connectivity index is 0. The number of nitrogens with zero attached hydrogens (tertiary/aromatic N) is 1. The van der Waals surface area contributed by atoms with Gasteiger partial charge in [-0.15, -0.1) is 0 Å². The van der Waals surface area contributed by atoms with Crippen LogP contribution in [-0.4, -0.2) is 35.0 Å². The molecule has 2 N–H and O–H groups in total. The number of thiocarbonyl (C=S) groups is 1. The maximum absolute atomic E-state index is 9.09. The number of halogens is 1. The molecule has 0 unspecified atom stereocenters. The lowest BCUT2D eigenvalue weighted by atomic mass is 10.4. The average Bonchev–Trinajstić information content (AvgIpc) is 2.41. The van der Waals surface area contributed by atoms with Crippen LogP contribution in [0.3, 0.4) is 0 Å². The van der Waals surface area contributed by atoms with Gasteiger partial charge in [-0.3, -0.25) is 4.79 Å². The Labute approximate surface area is 146 Å². The number of rotatable bonds is 3. The molecule has 1 amide bonds. The number of nitrogens with two attached hydrogens (primary N) is 1. The van der Waals surface area contributed by atoms with Crippen molar-refractivity contribution in [3.05, 3.63) is 34.8 Å². The van der Waals surface area contributed by atoms with Crippen molar-refractivity contribution in [3.63, 3.8) is 0 Å². The van der Waals surface area contributed by atoms with Gasteiger partial charge in [0.25, 0.3) is 10.4 Å². The molecule has 120 valence electrons. The van der Waals surface area contributed by atoms with E-state index in [1.165, 1.54) is 0 Å². The molecule has 4 nitrogen and oxygen atoms in total. The summed E-state index contributed by atoms with van der Waals surface area (Å²) in [7, 11) is 0. The first kappa shape index (κ1) is 22.5. The van der Waals surface area contributed by atoms with Crippen LogP contribution in [0.1, 0.15) is 20.8 Å². The fourth-order valence-electron chi connectivity index (χ4n) is 1.11. The average molecular weight is 395 g/mol. The Kier molecular flexibility index (Phi) is 16.7. The van der Waals surface area contributed by atoms with Gasteiger partial charge >= 0.3 is 0 Å². The van der Waals surface area contributed by atoms with Crippen LogP contribution in [0, 0.1) is 0 Å². The molecule has 0 aliphatic carbocycles. The lowest BCUT2D eigenvalue weighted by Gasteiger charge is -2.20. The molecule has 7 heteroatoms. The monoisotopic (exact) mass is 394 g/mol. The van der Waals surface area contributed by atoms with Crippen molar-refractivity contribution < 1.29 is 9.53 Å². The van der Waals surface area contributed by atoms with Gasteiger partial charge < -0.3 is 15.4 Å². The first-order valence-corrected chi connectivity index (χ1v) is 8.14. The third-order valence-corrected chi connectivity index (χ3v) is 2.93. The molecule has 1 aromatic rings. The lowest BCUT2D eigenvalue weighted by Crippen LogP contribution is -2.30. The fraction of sp³-hybridized carbons (Fsp3) is 0.429. The highest BCUT2D eigenvalue weighted by molar-refractivity contribution is 9.10. The molecule has 0 saturated carbocycles. The van der Waals surface area contributed by atoms with Gasteiger partial charge in [0.1, 0.15) is 0 Å². The van der Waals surface area contributed by atoms with Gasteiger partial charge in [0.2, 0.25) is 0 Å². The zero-order valence-electron chi connectivity index (χ0n) is 12.6. The Morgan fingerprint density at radius 1 is 1.29 bits per heavy atom. The van der Waals surface area contributed by atoms with E-state index < -0.39 is 5.24 Å². The van der Waals surface area contributed by atoms with E-state index in [1.54, 1.807) is 0 Å². The first-order chi connectivity index (χ1) is 9.88. The summed E-state index contributed by atoms with van der Waals surface area (Å²) in [6.45, 7) is 8.58. The first-order valence-electron chi connectivity index (χ1n) is 6.49. The summed E-state index contributed by atoms with van der Waals surface area (Å²) in [6, 6.07) is 9.97. The summed E-state index contributed by atoms with van der Waals surface area (Å²) in [5.74, 6) is 0. The number of primary amides is 1. The standard InChI is InChI=1S/C7H15NOS.C6H5Br.CH3NOS/c1-4-8(5-2)7(10)9-6-3;7-6-4-2-1-3-5-6;2-1(3)4/h4-6H2,1-3H3;1-5H;(H3,2,3,4). The van der Waals surface area contributed by atoms with Gasteiger partial charge in [0.15, 0.2) is 0 Å². The van der Waals surface area contributed by atoms with E-state index in [0.29, 0.717) is 11.8 Å². The number of carbonyl (C=O) groups excluding carboxylic acids is 1. The van der Waals surface area contributed by atoms with Crippen LogP contribution in [0.5, 0.6) is 0 Å². The molecule has 0 aliphatic rings. The topological polar surface area (TPSA) is 55.6 Å². The molecule has 1 rings (SSSR count). The van der Waals surface area contributed by atoms with Gasteiger partial charge in [-0.05, 0) is 45.1 Å². The summed E-state index contributed by atoms with van der Waals surface area (Å²) in [5.41, 5.74) is 4.34. The molecule has 0 bridgehead atoms. The highest BCUT2D eigenvalue weighted by atomic mass is 79.9. The number of thiol groups is 1. The Bertz CT molecular complexity index is 384. The summed E-state index contributed by atoms with van der Waals surface area (Å²) in [5, 5.41) is -0.0208. The maximum atomic E-state index is 9.09. The van der Waals surface area contributed by atoms with Gasteiger partial charge in [0, 0.05) is 17.6 Å². The van der Waals surface area contributed by atoms with E-state index in [-0.39, 0.29) is 0 Å². The van der Waals surface area contributed by atoms with E-state index in [0.717, 1.165) is 17.6 Å². The van der Waals surface area contributed by atoms with E-state index in [1.807, 2.05) is 42.2 Å². The third kappa shape index (κ3) is 17.2. The van der Waals surface area contributed by atoms with Crippen molar-refractivity contribution in [2.45, 2.75) is 20.8 Å². The van der Waals surface area contributed by atoms with Crippen LogP contribution >= 0.6 is 40.8 Å². The normalized spacial score (nSPS) is 8.43. The largest absolute Gasteiger partial charge is 0.471 e. The molecule has 0 spiro atoms. The number of ether oxygens (including phenoxy) is 1. The van der Waals surface area contributed by atoms with Crippen LogP contribution in [0.25, 0.3) is 0 Å². The predicted octanol–water partition coefficient (Wildman–Crippen LogP) is 4.09. The van der Waals surface area contributed by atoms with Crippen molar-refractivity contribution in [2.24, 2.45) is 5.73 Å². The van der Waals surface area contributed by atoms with Crippen LogP contribution in [0.15, 0.2) is 34.8 Å². The maximum Gasteiger partial charge on any atom is 0.273 e. The van der Waals surface area contributed by atoms with Gasteiger partial charge in [-0.2, -0.15) is 0 Å². The molecular weight excluding hydrogens is 372 g/mol. The fourth-order valence-corrected chi connectivity index (χ4v) is 1.79. The molecule has 0 aromatic heterocycles. The Morgan fingerprint density at radius 3 is 1.95 bits per heavy atom. The van der Waals surface area contributed by atoms with Crippen LogP contribution < -0.4 is 5.73 Å². The van der Waals surface area contributed by atoms with E-state index in [2.05, 4.69) is 48.1 Å². The van der Waals surface area contributed by atoms with Crippen LogP contribution in [-0.2, 0) is 4.74 Å². The zero-order chi connectivity index (χ0) is 16.7. The van der Waals surface area contributed by atoms with Crippen molar-refractivity contribution in [3.8, 4) is 0 Å². The van der Waals surface area contributed by atoms with Crippen LogP contribution in [0.2, 0.25) is 0 Å². The number of amides is 1. The van der Waals surface area contributed by atoms with Crippen LogP contribution in [0.4, 0.5) is 4.79 Å². The van der Waals surface area contributed by atoms with Gasteiger partial charge in [-0.25, -0.2) is 0 Å². The summed E-state index contributed by atoms with van der Waals surface area (Å²) in [6.07, 6.45) is 0. The molecule has 0 saturated heterocycles. The zero-order valence-corrected chi connectivity index (χ0v) is 15.9. The molecule has 0 heterocycles. The minimum absolute atomic E-state index is 0.618. The minimum atomic E-state index is -0.639. The highest BCUT2D eigenvalue weighted by Gasteiger charge is 2.03. The molecule has 0 radical (unpaired) electrons. The van der Waals surface area contributed by atoms with Crippen molar-refractivity contribution in [1.29, 1.82) is 0 Å². The van der Waals surface area contributed by atoms with Gasteiger partial charge in [-0.1, -0.05) is 46.8 Å². The quantitative estimate of drug-likeness (QED) is 0.598. The smallest absolute Gasteiger partial charge is 0.273 e. The van der Waals surface area contributed by atoms with E-state index >= 15 is 0 Å². The lowest BCUT2D eigenvalue weighted by molar-refractivity contribution is 0.264. The van der Waals surface area contributed by atoms with Gasteiger partial charge in [0.05, 0.1) is 6.61 Å². The summed E-state index contributed by atoms with van der Waals surface area (Å²) >= 11 is 11.4. The molecular formula is C14H23BrN2O2S2. The molecule has 21 heavy (non-hydrogen) atoms. The Hall–Kier alpha value is -0.790. The second kappa shape index (κ2) is 15.6.